The summed E-state index contributed by atoms with van der Waals surface area (Å²) in [6, 6.07) is 16.7. The van der Waals surface area contributed by atoms with E-state index in [2.05, 4.69) is 76.2 Å². The van der Waals surface area contributed by atoms with Gasteiger partial charge >= 0.3 is 0 Å². The molecule has 0 aliphatic carbocycles. The van der Waals surface area contributed by atoms with Gasteiger partial charge in [0.1, 0.15) is 0 Å². The molecule has 0 amide bonds. The van der Waals surface area contributed by atoms with Crippen LogP contribution in [0.15, 0.2) is 48.5 Å². The Kier molecular flexibility index (Phi) is 65.5. The zero-order chi connectivity index (χ0) is 20.0. The summed E-state index contributed by atoms with van der Waals surface area (Å²) in [5.74, 6) is 0. The Morgan fingerprint density at radius 2 is 0.481 bits per heavy atom. The molecule has 2 aromatic rings. The third kappa shape index (κ3) is 29.5. The van der Waals surface area contributed by atoms with Crippen LogP contribution in [0.3, 0.4) is 0 Å². The Hall–Kier alpha value is -1.47. The molecule has 27 heavy (non-hydrogen) atoms. The van der Waals surface area contributed by atoms with Gasteiger partial charge in [-0.2, -0.15) is 0 Å². The van der Waals surface area contributed by atoms with E-state index < -0.39 is 0 Å². The third-order valence-corrected chi connectivity index (χ3v) is 2.85. The molecule has 0 atom stereocenters. The van der Waals surface area contributed by atoms with Crippen LogP contribution in [-0.2, 0) is 0 Å². The lowest BCUT2D eigenvalue weighted by molar-refractivity contribution is 1.34. The van der Waals surface area contributed by atoms with Gasteiger partial charge in [0.05, 0.1) is 0 Å². The van der Waals surface area contributed by atoms with E-state index >= 15 is 0 Å². The number of rotatable bonds is 0. The van der Waals surface area contributed by atoms with Crippen LogP contribution in [0, 0.1) is 27.7 Å². The average molecular weight is 371 g/mol. The number of hydrogen-bond donors (Lipinski definition) is 1. The van der Waals surface area contributed by atoms with Crippen LogP contribution in [0.5, 0.6) is 0 Å². The molecular formula is C24H47B2N. The van der Waals surface area contributed by atoms with E-state index in [0.717, 1.165) is 0 Å². The van der Waals surface area contributed by atoms with E-state index in [4.69, 9.17) is 0 Å². The predicted octanol–water partition coefficient (Wildman–Crippen LogP) is 8.11. The molecule has 6 radical (unpaired) electrons. The minimum absolute atomic E-state index is 0. The molecule has 2 rings (SSSR count). The van der Waals surface area contributed by atoms with Crippen molar-refractivity contribution in [2.24, 2.45) is 0 Å². The summed E-state index contributed by atoms with van der Waals surface area (Å²) in [5.41, 5.74) is 5.47. The van der Waals surface area contributed by atoms with Gasteiger partial charge in [0, 0.05) is 16.8 Å². The van der Waals surface area contributed by atoms with Crippen molar-refractivity contribution in [3.8, 4) is 0 Å². The Balaban J connectivity index is -0.0000000401. The summed E-state index contributed by atoms with van der Waals surface area (Å²) < 4.78 is 0. The highest BCUT2D eigenvalue weighted by molar-refractivity contribution is 5.76. The van der Waals surface area contributed by atoms with Crippen molar-refractivity contribution in [3.05, 3.63) is 70.8 Å². The molecule has 0 aromatic heterocycles. The van der Waals surface area contributed by atoms with Crippen LogP contribution in [-0.4, -0.2) is 16.8 Å². The fourth-order valence-corrected chi connectivity index (χ4v) is 1.33. The molecule has 0 aliphatic rings. The first-order valence-corrected chi connectivity index (χ1v) is 9.65. The molecule has 0 unspecified atom stereocenters. The summed E-state index contributed by atoms with van der Waals surface area (Å²) in [7, 11) is 0. The van der Waals surface area contributed by atoms with Crippen molar-refractivity contribution in [2.45, 2.75) is 83.1 Å². The fourth-order valence-electron chi connectivity index (χ4n) is 1.33. The molecule has 3 heteroatoms. The molecule has 0 saturated carbocycles. The standard InChI is InChI=1S/2C8H10.4C2H6.2B.H3N/c2*1-7-5-3-4-6-8(7)2;4*1-2;;;/h2*3-6H,1-2H3;4*1-2H3;;;1H3. The molecule has 0 fully saturated rings. The molecule has 0 spiro atoms. The van der Waals surface area contributed by atoms with Gasteiger partial charge in [0.2, 0.25) is 0 Å². The molecule has 154 valence electrons. The first kappa shape index (κ1) is 44.7. The van der Waals surface area contributed by atoms with Gasteiger partial charge in [0.15, 0.2) is 0 Å². The summed E-state index contributed by atoms with van der Waals surface area (Å²) in [4.78, 5) is 0. The first-order chi connectivity index (χ1) is 11.6. The van der Waals surface area contributed by atoms with Gasteiger partial charge in [-0.05, 0) is 49.9 Å². The Bertz CT molecular complexity index is 372. The van der Waals surface area contributed by atoms with Crippen LogP contribution in [0.25, 0.3) is 0 Å². The summed E-state index contributed by atoms with van der Waals surface area (Å²) in [5, 5.41) is 0. The molecule has 0 aliphatic heterocycles. The van der Waals surface area contributed by atoms with Gasteiger partial charge in [-0.15, -0.1) is 0 Å². The second kappa shape index (κ2) is 39.6. The zero-order valence-corrected chi connectivity index (χ0v) is 20.5. The Labute approximate surface area is 177 Å². The van der Waals surface area contributed by atoms with E-state index in [1.54, 1.807) is 0 Å². The van der Waals surface area contributed by atoms with Crippen molar-refractivity contribution in [2.75, 3.05) is 0 Å². The van der Waals surface area contributed by atoms with Crippen LogP contribution in [0.4, 0.5) is 0 Å². The lowest BCUT2D eigenvalue weighted by Crippen LogP contribution is -1.74. The van der Waals surface area contributed by atoms with Crippen LogP contribution in [0.2, 0.25) is 0 Å². The summed E-state index contributed by atoms with van der Waals surface area (Å²) in [6.45, 7) is 24.5. The van der Waals surface area contributed by atoms with Crippen molar-refractivity contribution < 1.29 is 0 Å². The highest BCUT2D eigenvalue weighted by Gasteiger charge is 1.84. The van der Waals surface area contributed by atoms with Gasteiger partial charge in [-0.3, -0.25) is 0 Å². The van der Waals surface area contributed by atoms with Crippen LogP contribution in [0.1, 0.15) is 77.6 Å². The van der Waals surface area contributed by atoms with Crippen molar-refractivity contribution in [1.29, 1.82) is 0 Å². The third-order valence-electron chi connectivity index (χ3n) is 2.85. The van der Waals surface area contributed by atoms with E-state index in [1.165, 1.54) is 22.3 Å². The lowest BCUT2D eigenvalue weighted by Gasteiger charge is -1.93. The molecule has 2 aromatic carbocycles. The molecule has 3 N–H and O–H groups in total. The van der Waals surface area contributed by atoms with E-state index in [9.17, 15) is 0 Å². The molecule has 1 nitrogen and oxygen atoms in total. The first-order valence-electron chi connectivity index (χ1n) is 9.65. The van der Waals surface area contributed by atoms with Gasteiger partial charge < -0.3 is 6.15 Å². The number of hydrogen-bond acceptors (Lipinski definition) is 1. The van der Waals surface area contributed by atoms with Crippen molar-refractivity contribution in [1.82, 2.24) is 6.15 Å². The minimum Gasteiger partial charge on any atom is -0.344 e. The van der Waals surface area contributed by atoms with Crippen molar-refractivity contribution >= 4 is 16.8 Å². The minimum atomic E-state index is 0. The van der Waals surface area contributed by atoms with Gasteiger partial charge in [-0.25, -0.2) is 0 Å². The normalized spacial score (nSPS) is 6.37. The molecule has 0 saturated heterocycles. The maximum atomic E-state index is 2.12. The quantitative estimate of drug-likeness (QED) is 0.466. The topological polar surface area (TPSA) is 35.0 Å². The lowest BCUT2D eigenvalue weighted by atomic mass is 10.1. The number of benzene rings is 2. The summed E-state index contributed by atoms with van der Waals surface area (Å²) >= 11 is 0. The predicted molar refractivity (Wildman–Crippen MR) is 134 cm³/mol. The monoisotopic (exact) mass is 371 g/mol. The van der Waals surface area contributed by atoms with E-state index in [1.807, 2.05) is 55.4 Å². The average Bonchev–Trinajstić information content (AvgIpc) is 2.67. The molecular weight excluding hydrogens is 324 g/mol. The zero-order valence-electron chi connectivity index (χ0n) is 20.5. The van der Waals surface area contributed by atoms with E-state index in [0.29, 0.717) is 0 Å². The maximum absolute atomic E-state index is 2.12. The van der Waals surface area contributed by atoms with Crippen LogP contribution < -0.4 is 6.15 Å². The largest absolute Gasteiger partial charge is 0.344 e. The van der Waals surface area contributed by atoms with E-state index in [-0.39, 0.29) is 23.0 Å². The smallest absolute Gasteiger partial charge is 0 e. The summed E-state index contributed by atoms with van der Waals surface area (Å²) in [6.07, 6.45) is 0. The highest BCUT2D eigenvalue weighted by atomic mass is 14.0. The van der Waals surface area contributed by atoms with Crippen molar-refractivity contribution in [3.63, 3.8) is 0 Å². The SMILES string of the molecule is CC.CC.CC.CC.Cc1ccccc1C.Cc1ccccc1C.N.[B].[B]. The highest BCUT2D eigenvalue weighted by Crippen LogP contribution is 2.03. The number of aryl methyl sites for hydroxylation is 4. The van der Waals surface area contributed by atoms with Crippen LogP contribution >= 0.6 is 0 Å². The molecule has 0 heterocycles. The van der Waals surface area contributed by atoms with Gasteiger partial charge in [-0.1, -0.05) is 104 Å². The molecule has 0 bridgehead atoms. The maximum Gasteiger partial charge on any atom is 0 e. The second-order valence-electron chi connectivity index (χ2n) is 4.17. The van der Waals surface area contributed by atoms with Gasteiger partial charge in [0.25, 0.3) is 0 Å². The Morgan fingerprint density at radius 1 is 0.370 bits per heavy atom. The fraction of sp³-hybridized carbons (Fsp3) is 0.500. The Morgan fingerprint density at radius 3 is 0.556 bits per heavy atom. The second-order valence-corrected chi connectivity index (χ2v) is 4.17.